The molecule has 3 amide bonds. The van der Waals surface area contributed by atoms with Crippen LogP contribution >= 0.6 is 0 Å². The Hall–Kier alpha value is -2.89. The number of rotatable bonds is 6. The van der Waals surface area contributed by atoms with Gasteiger partial charge in [0.25, 0.3) is 11.8 Å². The van der Waals surface area contributed by atoms with Gasteiger partial charge < -0.3 is 9.73 Å². The Kier molecular flexibility index (Phi) is 4.70. The van der Waals surface area contributed by atoms with Gasteiger partial charge >= 0.3 is 0 Å². The number of carbonyl (C=O) groups is 3. The molecule has 0 bridgehead atoms. The Balaban J connectivity index is 1.49. The van der Waals surface area contributed by atoms with Crippen LogP contribution in [0.25, 0.3) is 0 Å². The molecule has 2 aromatic rings. The zero-order valence-corrected chi connectivity index (χ0v) is 14.2. The van der Waals surface area contributed by atoms with E-state index < -0.39 is 0 Å². The zero-order chi connectivity index (χ0) is 18.0. The number of aryl methyl sites for hydroxylation is 1. The number of hydrogen-bond donors (Lipinski definition) is 1. The molecule has 0 spiro atoms. The maximum atomic E-state index is 12.2. The van der Waals surface area contributed by atoms with Gasteiger partial charge in [-0.15, -0.1) is 0 Å². The van der Waals surface area contributed by atoms with E-state index in [-0.39, 0.29) is 36.7 Å². The second-order valence-electron chi connectivity index (χ2n) is 6.15. The van der Waals surface area contributed by atoms with Crippen molar-refractivity contribution in [3.63, 3.8) is 0 Å². The number of nitrogens with zero attached hydrogens (tertiary/aromatic N) is 1. The Morgan fingerprint density at radius 3 is 2.32 bits per heavy atom. The van der Waals surface area contributed by atoms with Crippen LogP contribution in [0.4, 0.5) is 0 Å². The second-order valence-corrected chi connectivity index (χ2v) is 6.15. The van der Waals surface area contributed by atoms with Crippen molar-refractivity contribution in [1.82, 2.24) is 10.2 Å². The van der Waals surface area contributed by atoms with E-state index in [9.17, 15) is 14.4 Å². The average molecular weight is 340 g/mol. The van der Waals surface area contributed by atoms with Crippen LogP contribution in [0, 0.1) is 6.92 Å². The van der Waals surface area contributed by atoms with Crippen molar-refractivity contribution in [2.75, 3.05) is 6.54 Å². The lowest BCUT2D eigenvalue weighted by molar-refractivity contribution is -0.122. The van der Waals surface area contributed by atoms with Crippen molar-refractivity contribution in [2.24, 2.45) is 0 Å². The third-order valence-electron chi connectivity index (χ3n) is 4.23. The number of hydrogen-bond acceptors (Lipinski definition) is 4. The molecule has 1 atom stereocenters. The predicted molar refractivity (Wildman–Crippen MR) is 91.0 cm³/mol. The van der Waals surface area contributed by atoms with Gasteiger partial charge in [-0.25, -0.2) is 0 Å². The Morgan fingerprint density at radius 1 is 1.12 bits per heavy atom. The molecule has 25 heavy (non-hydrogen) atoms. The molecule has 0 saturated carbocycles. The first-order chi connectivity index (χ1) is 12.0. The summed E-state index contributed by atoms with van der Waals surface area (Å²) in [5, 5.41) is 2.85. The van der Waals surface area contributed by atoms with Crippen molar-refractivity contribution >= 4 is 17.7 Å². The lowest BCUT2D eigenvalue weighted by Gasteiger charge is -2.15. The number of furan rings is 1. The van der Waals surface area contributed by atoms with Crippen LogP contribution < -0.4 is 5.32 Å². The highest BCUT2D eigenvalue weighted by molar-refractivity contribution is 6.21. The van der Waals surface area contributed by atoms with E-state index in [4.69, 9.17) is 4.42 Å². The summed E-state index contributed by atoms with van der Waals surface area (Å²) in [5.74, 6) is 0.770. The minimum atomic E-state index is -0.291. The second kappa shape index (κ2) is 6.93. The minimum absolute atomic E-state index is 0.141. The fourth-order valence-electron chi connectivity index (χ4n) is 2.91. The van der Waals surface area contributed by atoms with E-state index in [2.05, 4.69) is 5.32 Å². The number of nitrogens with one attached hydrogen (secondary N) is 1. The smallest absolute Gasteiger partial charge is 0.261 e. The molecule has 130 valence electrons. The van der Waals surface area contributed by atoms with Gasteiger partial charge in [0.2, 0.25) is 5.91 Å². The van der Waals surface area contributed by atoms with Gasteiger partial charge in [0.1, 0.15) is 11.5 Å². The monoisotopic (exact) mass is 340 g/mol. The number of carbonyl (C=O) groups excluding carboxylic acids is 3. The topological polar surface area (TPSA) is 79.6 Å². The standard InChI is InChI=1S/C19H20N2O4/c1-12-9-10-16(25-12)13(2)20-17(22)8-5-11-21-18(23)14-6-3-4-7-15(14)19(21)24/h3-4,6-7,9-10,13H,5,8,11H2,1-2H3,(H,20,22). The molecular formula is C19H20N2O4. The van der Waals surface area contributed by atoms with Gasteiger partial charge in [-0.05, 0) is 44.5 Å². The Labute approximate surface area is 145 Å². The van der Waals surface area contributed by atoms with Crippen LogP contribution in [0.1, 0.15) is 58.0 Å². The third-order valence-corrected chi connectivity index (χ3v) is 4.23. The fraction of sp³-hybridized carbons (Fsp3) is 0.316. The minimum Gasteiger partial charge on any atom is -0.464 e. The molecule has 1 aliphatic heterocycles. The molecule has 1 aromatic heterocycles. The summed E-state index contributed by atoms with van der Waals surface area (Å²) in [6.45, 7) is 3.93. The first kappa shape index (κ1) is 17.0. The van der Waals surface area contributed by atoms with E-state index in [1.54, 1.807) is 24.3 Å². The van der Waals surface area contributed by atoms with E-state index in [0.717, 1.165) is 5.76 Å². The molecule has 1 unspecified atom stereocenters. The molecule has 1 aromatic carbocycles. The van der Waals surface area contributed by atoms with E-state index in [0.29, 0.717) is 23.3 Å². The molecule has 3 rings (SSSR count). The number of amides is 3. The maximum Gasteiger partial charge on any atom is 0.261 e. The normalized spacial score (nSPS) is 14.6. The first-order valence-electron chi connectivity index (χ1n) is 8.28. The molecule has 0 fully saturated rings. The molecule has 0 radical (unpaired) electrons. The Bertz CT molecular complexity index is 789. The van der Waals surface area contributed by atoms with Gasteiger partial charge in [-0.1, -0.05) is 12.1 Å². The maximum absolute atomic E-state index is 12.2. The van der Waals surface area contributed by atoms with Crippen LogP contribution in [0.3, 0.4) is 0 Å². The third kappa shape index (κ3) is 3.47. The summed E-state index contributed by atoms with van der Waals surface area (Å²) in [6.07, 6.45) is 0.651. The number of fused-ring (bicyclic) bond motifs is 1. The highest BCUT2D eigenvalue weighted by Gasteiger charge is 2.34. The van der Waals surface area contributed by atoms with E-state index >= 15 is 0 Å². The summed E-state index contributed by atoms with van der Waals surface area (Å²) in [7, 11) is 0. The molecule has 0 aliphatic carbocycles. The predicted octanol–water partition coefficient (Wildman–Crippen LogP) is 2.84. The average Bonchev–Trinajstić information content (AvgIpc) is 3.13. The van der Waals surface area contributed by atoms with Gasteiger partial charge in [0, 0.05) is 13.0 Å². The molecule has 0 saturated heterocycles. The number of benzene rings is 1. The lowest BCUT2D eigenvalue weighted by Crippen LogP contribution is -2.32. The molecular weight excluding hydrogens is 320 g/mol. The van der Waals surface area contributed by atoms with E-state index in [1.807, 2.05) is 26.0 Å². The summed E-state index contributed by atoms with van der Waals surface area (Å²) in [4.78, 5) is 37.7. The van der Waals surface area contributed by atoms with Crippen LogP contribution in [-0.2, 0) is 4.79 Å². The molecule has 6 heteroatoms. The molecule has 6 nitrogen and oxygen atoms in total. The lowest BCUT2D eigenvalue weighted by atomic mass is 10.1. The van der Waals surface area contributed by atoms with Gasteiger partial charge in [0.15, 0.2) is 0 Å². The summed E-state index contributed by atoms with van der Waals surface area (Å²) >= 11 is 0. The van der Waals surface area contributed by atoms with Crippen LogP contribution in [-0.4, -0.2) is 29.2 Å². The first-order valence-corrected chi connectivity index (χ1v) is 8.28. The van der Waals surface area contributed by atoms with Crippen molar-refractivity contribution in [1.29, 1.82) is 0 Å². The van der Waals surface area contributed by atoms with E-state index in [1.165, 1.54) is 4.90 Å². The fourth-order valence-corrected chi connectivity index (χ4v) is 2.91. The highest BCUT2D eigenvalue weighted by Crippen LogP contribution is 2.22. The van der Waals surface area contributed by atoms with Gasteiger partial charge in [-0.2, -0.15) is 0 Å². The van der Waals surface area contributed by atoms with Crippen LogP contribution in [0.15, 0.2) is 40.8 Å². The Morgan fingerprint density at radius 2 is 1.76 bits per heavy atom. The zero-order valence-electron chi connectivity index (χ0n) is 14.2. The van der Waals surface area contributed by atoms with Crippen molar-refractivity contribution in [2.45, 2.75) is 32.7 Å². The highest BCUT2D eigenvalue weighted by atomic mass is 16.3. The van der Waals surface area contributed by atoms with Crippen LogP contribution in [0.5, 0.6) is 0 Å². The molecule has 2 heterocycles. The largest absolute Gasteiger partial charge is 0.464 e. The van der Waals surface area contributed by atoms with Crippen LogP contribution in [0.2, 0.25) is 0 Å². The summed E-state index contributed by atoms with van der Waals surface area (Å²) in [6, 6.07) is 10.2. The SMILES string of the molecule is Cc1ccc(C(C)NC(=O)CCCN2C(=O)c3ccccc3C2=O)o1. The summed E-state index contributed by atoms with van der Waals surface area (Å²) in [5.41, 5.74) is 0.859. The van der Waals surface area contributed by atoms with Gasteiger partial charge in [-0.3, -0.25) is 19.3 Å². The van der Waals surface area contributed by atoms with Crippen molar-refractivity contribution in [3.05, 3.63) is 59.0 Å². The quantitative estimate of drug-likeness (QED) is 0.820. The van der Waals surface area contributed by atoms with Crippen molar-refractivity contribution in [3.8, 4) is 0 Å². The van der Waals surface area contributed by atoms with Crippen molar-refractivity contribution < 1.29 is 18.8 Å². The molecule has 1 aliphatic rings. The molecule has 1 N–H and O–H groups in total. The number of imide groups is 1. The van der Waals surface area contributed by atoms with Gasteiger partial charge in [0.05, 0.1) is 17.2 Å². The summed E-state index contributed by atoms with van der Waals surface area (Å²) < 4.78 is 5.48.